The van der Waals surface area contributed by atoms with E-state index in [1.165, 1.54) is 0 Å². The van der Waals surface area contributed by atoms with E-state index in [2.05, 4.69) is 63.3 Å². The number of benzene rings is 4. The topological polar surface area (TPSA) is 98.7 Å². The monoisotopic (exact) mass is 474 g/mol. The van der Waals surface area contributed by atoms with Gasteiger partial charge in [0.2, 0.25) is 0 Å². The molecule has 0 amide bonds. The molecule has 0 aliphatic carbocycles. The highest BCUT2D eigenvalue weighted by atomic mass is 16.1. The maximum atomic E-state index is 12.0. The third kappa shape index (κ3) is 4.86. The van der Waals surface area contributed by atoms with Gasteiger partial charge in [-0.15, -0.1) is 5.10 Å². The zero-order valence-corrected chi connectivity index (χ0v) is 19.9. The Balaban J connectivity index is 1.38. The van der Waals surface area contributed by atoms with Crippen molar-refractivity contribution >= 4 is 17.2 Å². The molecule has 4 aromatic carbocycles. The number of hydrogen-bond donors (Lipinski definition) is 2. The number of nitrogens with one attached hydrogen (secondary N) is 1. The number of carbonyl (C=O) groups is 1. The highest BCUT2D eigenvalue weighted by molar-refractivity contribution is 6.02. The lowest BCUT2D eigenvalue weighted by molar-refractivity contribution is 0.101. The Bertz CT molecular complexity index is 1490. The lowest BCUT2D eigenvalue weighted by atomic mass is 9.98. The number of carbonyl (C=O) groups excluding carboxylic acids is 1. The first-order valence-corrected chi connectivity index (χ1v) is 11.7. The number of nitrogens with zero attached hydrogens (tertiary/aromatic N) is 4. The smallest absolute Gasteiger partial charge is 0.182 e. The molecule has 0 saturated carbocycles. The van der Waals surface area contributed by atoms with E-state index in [-0.39, 0.29) is 5.78 Å². The van der Waals surface area contributed by atoms with Crippen LogP contribution in [0.3, 0.4) is 0 Å². The van der Waals surface area contributed by atoms with Crippen LogP contribution in [0.1, 0.15) is 28.4 Å². The van der Waals surface area contributed by atoms with Gasteiger partial charge in [-0.1, -0.05) is 84.9 Å². The van der Waals surface area contributed by atoms with Crippen molar-refractivity contribution < 1.29 is 4.79 Å². The maximum Gasteiger partial charge on any atom is 0.182 e. The fraction of sp³-hybridized carbons (Fsp3) is 0.103. The summed E-state index contributed by atoms with van der Waals surface area (Å²) in [5.41, 5.74) is 13.2. The van der Waals surface area contributed by atoms with Crippen molar-refractivity contribution in [1.29, 1.82) is 0 Å². The number of nitrogens with two attached hydrogens (primary N) is 1. The van der Waals surface area contributed by atoms with Crippen molar-refractivity contribution in [1.82, 2.24) is 20.2 Å². The van der Waals surface area contributed by atoms with Crippen LogP contribution in [-0.2, 0) is 13.1 Å². The maximum absolute atomic E-state index is 12.0. The molecule has 1 aromatic heterocycles. The number of tetrazole rings is 1. The molecule has 0 aliphatic heterocycles. The van der Waals surface area contributed by atoms with Crippen LogP contribution < -0.4 is 11.1 Å². The molecule has 5 rings (SSSR count). The zero-order valence-electron chi connectivity index (χ0n) is 19.9. The van der Waals surface area contributed by atoms with Gasteiger partial charge in [-0.25, -0.2) is 4.68 Å². The molecule has 0 fully saturated rings. The lowest BCUT2D eigenvalue weighted by Gasteiger charge is -2.14. The van der Waals surface area contributed by atoms with E-state index >= 15 is 0 Å². The molecule has 5 aromatic rings. The van der Waals surface area contributed by atoms with E-state index in [4.69, 9.17) is 5.73 Å². The van der Waals surface area contributed by atoms with E-state index in [0.717, 1.165) is 33.6 Å². The van der Waals surface area contributed by atoms with Gasteiger partial charge < -0.3 is 11.1 Å². The fourth-order valence-corrected chi connectivity index (χ4v) is 4.24. The van der Waals surface area contributed by atoms with Crippen molar-refractivity contribution in [3.8, 4) is 22.5 Å². The van der Waals surface area contributed by atoms with Gasteiger partial charge in [0.25, 0.3) is 0 Å². The number of Topliss-reactive ketones (excluding diaryl/α,β-unsaturated/α-hetero) is 1. The molecule has 7 heteroatoms. The van der Waals surface area contributed by atoms with Crippen LogP contribution in [0.25, 0.3) is 22.5 Å². The SMILES string of the molecule is CC(=O)c1cccc(N)c1NCc1ccc(-c2ccccc2-c2nnnn2Cc2ccccc2)cc1. The molecule has 1 heterocycles. The molecule has 0 unspecified atom stereocenters. The van der Waals surface area contributed by atoms with Crippen LogP contribution >= 0.6 is 0 Å². The second kappa shape index (κ2) is 10.2. The van der Waals surface area contributed by atoms with Gasteiger partial charge in [0.1, 0.15) is 0 Å². The summed E-state index contributed by atoms with van der Waals surface area (Å²) in [6, 6.07) is 31.9. The summed E-state index contributed by atoms with van der Waals surface area (Å²) in [7, 11) is 0. The van der Waals surface area contributed by atoms with Gasteiger partial charge >= 0.3 is 0 Å². The molecule has 0 atom stereocenters. The van der Waals surface area contributed by atoms with Crippen LogP contribution in [0.15, 0.2) is 97.1 Å². The zero-order chi connectivity index (χ0) is 24.9. The van der Waals surface area contributed by atoms with Crippen molar-refractivity contribution in [2.75, 3.05) is 11.1 Å². The highest BCUT2D eigenvalue weighted by Crippen LogP contribution is 2.31. The average molecular weight is 475 g/mol. The van der Waals surface area contributed by atoms with Gasteiger partial charge in [0.05, 0.1) is 17.9 Å². The molecule has 0 bridgehead atoms. The molecule has 3 N–H and O–H groups in total. The Hall–Kier alpha value is -4.78. The number of anilines is 2. The van der Waals surface area contributed by atoms with Gasteiger partial charge in [-0.05, 0) is 51.7 Å². The largest absolute Gasteiger partial charge is 0.397 e. The van der Waals surface area contributed by atoms with E-state index in [1.54, 1.807) is 25.1 Å². The quantitative estimate of drug-likeness (QED) is 0.229. The first-order valence-electron chi connectivity index (χ1n) is 11.7. The van der Waals surface area contributed by atoms with E-state index in [9.17, 15) is 4.79 Å². The molecular formula is C29H26N6O. The lowest BCUT2D eigenvalue weighted by Crippen LogP contribution is -2.07. The fourth-order valence-electron chi connectivity index (χ4n) is 4.24. The average Bonchev–Trinajstić information content (AvgIpc) is 3.36. The standard InChI is InChI=1S/C29H26N6O/c1-20(36)24-12-7-13-27(30)28(24)31-18-21-14-16-23(17-15-21)25-10-5-6-11-26(25)29-32-33-34-35(29)19-22-8-3-2-4-9-22/h2-17,31H,18-19,30H2,1H3. The molecule has 178 valence electrons. The summed E-state index contributed by atoms with van der Waals surface area (Å²) in [6.07, 6.45) is 0. The third-order valence-corrected chi connectivity index (χ3v) is 6.09. The van der Waals surface area contributed by atoms with Crippen LogP contribution in [0.5, 0.6) is 0 Å². The number of ketones is 1. The Labute approximate surface area is 209 Å². The number of para-hydroxylation sites is 1. The molecule has 0 saturated heterocycles. The first-order chi connectivity index (χ1) is 17.6. The van der Waals surface area contributed by atoms with Crippen LogP contribution in [0, 0.1) is 0 Å². The first kappa shape index (κ1) is 23.0. The van der Waals surface area contributed by atoms with Gasteiger partial charge in [0.15, 0.2) is 11.6 Å². The summed E-state index contributed by atoms with van der Waals surface area (Å²) in [6.45, 7) is 2.68. The van der Waals surface area contributed by atoms with Crippen molar-refractivity contribution in [2.24, 2.45) is 0 Å². The van der Waals surface area contributed by atoms with Crippen molar-refractivity contribution in [3.63, 3.8) is 0 Å². The molecule has 36 heavy (non-hydrogen) atoms. The number of aromatic nitrogens is 4. The number of rotatable bonds is 8. The Kier molecular flexibility index (Phi) is 6.53. The predicted molar refractivity (Wildman–Crippen MR) is 142 cm³/mol. The molecular weight excluding hydrogens is 448 g/mol. The summed E-state index contributed by atoms with van der Waals surface area (Å²) >= 11 is 0. The number of nitrogen functional groups attached to an aromatic ring is 1. The van der Waals surface area contributed by atoms with Crippen LogP contribution in [0.4, 0.5) is 11.4 Å². The van der Waals surface area contributed by atoms with E-state index in [1.807, 2.05) is 41.1 Å². The van der Waals surface area contributed by atoms with Crippen LogP contribution in [-0.4, -0.2) is 26.0 Å². The second-order valence-electron chi connectivity index (χ2n) is 8.57. The Morgan fingerprint density at radius 2 is 1.56 bits per heavy atom. The minimum absolute atomic E-state index is 0.0219. The van der Waals surface area contributed by atoms with E-state index in [0.29, 0.717) is 30.0 Å². The van der Waals surface area contributed by atoms with Crippen LogP contribution in [0.2, 0.25) is 0 Å². The normalized spacial score (nSPS) is 10.8. The van der Waals surface area contributed by atoms with Gasteiger partial charge in [-0.2, -0.15) is 0 Å². The summed E-state index contributed by atoms with van der Waals surface area (Å²) < 4.78 is 1.82. The van der Waals surface area contributed by atoms with Crippen molar-refractivity contribution in [3.05, 3.63) is 114 Å². The Morgan fingerprint density at radius 1 is 0.833 bits per heavy atom. The predicted octanol–water partition coefficient (Wildman–Crippen LogP) is 5.45. The summed E-state index contributed by atoms with van der Waals surface area (Å²) in [5, 5.41) is 15.8. The summed E-state index contributed by atoms with van der Waals surface area (Å²) in [5.74, 6) is 0.697. The summed E-state index contributed by atoms with van der Waals surface area (Å²) in [4.78, 5) is 12.0. The molecule has 7 nitrogen and oxygen atoms in total. The minimum Gasteiger partial charge on any atom is -0.397 e. The second-order valence-corrected chi connectivity index (χ2v) is 8.57. The van der Waals surface area contributed by atoms with Crippen molar-refractivity contribution in [2.45, 2.75) is 20.0 Å². The molecule has 0 spiro atoms. The van der Waals surface area contributed by atoms with Gasteiger partial charge in [0, 0.05) is 17.7 Å². The molecule has 0 radical (unpaired) electrons. The third-order valence-electron chi connectivity index (χ3n) is 6.09. The van der Waals surface area contributed by atoms with Gasteiger partial charge in [-0.3, -0.25) is 4.79 Å². The molecule has 0 aliphatic rings. The Morgan fingerprint density at radius 3 is 2.31 bits per heavy atom. The highest BCUT2D eigenvalue weighted by Gasteiger charge is 2.15. The number of hydrogen-bond acceptors (Lipinski definition) is 6. The van der Waals surface area contributed by atoms with E-state index < -0.39 is 0 Å². The minimum atomic E-state index is -0.0219.